The average molecular weight is 465 g/mol. The number of benzene rings is 1. The fourth-order valence-electron chi connectivity index (χ4n) is 4.15. The van der Waals surface area contributed by atoms with Gasteiger partial charge in [0.2, 0.25) is 0 Å². The molecule has 0 radical (unpaired) electrons. The van der Waals surface area contributed by atoms with Gasteiger partial charge < -0.3 is 20.1 Å². The van der Waals surface area contributed by atoms with Crippen molar-refractivity contribution in [2.75, 3.05) is 6.61 Å². The van der Waals surface area contributed by atoms with Crippen molar-refractivity contribution in [1.29, 1.82) is 0 Å². The highest BCUT2D eigenvalue weighted by atomic mass is 16.5. The van der Waals surface area contributed by atoms with Crippen molar-refractivity contribution >= 4 is 5.97 Å². The minimum atomic E-state index is -0.634. The average Bonchev–Trinajstić information content (AvgIpc) is 2.80. The zero-order valence-electron chi connectivity index (χ0n) is 21.0. The lowest BCUT2D eigenvalue weighted by molar-refractivity contribution is 0.0496. The second kappa shape index (κ2) is 19.5. The van der Waals surface area contributed by atoms with E-state index in [1.54, 1.807) is 0 Å². The summed E-state index contributed by atoms with van der Waals surface area (Å²) >= 11 is 0. The molecule has 0 fully saturated rings. The Bertz CT molecular complexity index is 606. The van der Waals surface area contributed by atoms with Crippen LogP contribution in [0.15, 0.2) is 12.1 Å². The number of phenolic OH excluding ortho intramolecular Hbond substituents is 3. The van der Waals surface area contributed by atoms with Crippen LogP contribution in [0.1, 0.15) is 139 Å². The number of esters is 1. The molecule has 0 unspecified atom stereocenters. The Hall–Kier alpha value is -1.91. The van der Waals surface area contributed by atoms with Crippen LogP contribution in [0.2, 0.25) is 0 Å². The first-order valence-corrected chi connectivity index (χ1v) is 13.5. The summed E-state index contributed by atoms with van der Waals surface area (Å²) in [5.74, 6) is -2.32. The van der Waals surface area contributed by atoms with Gasteiger partial charge in [0.1, 0.15) is 0 Å². The summed E-state index contributed by atoms with van der Waals surface area (Å²) in [5, 5.41) is 28.2. The monoisotopic (exact) mass is 464 g/mol. The van der Waals surface area contributed by atoms with Crippen LogP contribution in [0, 0.1) is 0 Å². The van der Waals surface area contributed by atoms with Gasteiger partial charge >= 0.3 is 5.97 Å². The molecule has 0 aliphatic carbocycles. The topological polar surface area (TPSA) is 87.0 Å². The van der Waals surface area contributed by atoms with E-state index < -0.39 is 23.2 Å². The Kier molecular flexibility index (Phi) is 17.3. The van der Waals surface area contributed by atoms with Crippen LogP contribution in [-0.2, 0) is 4.74 Å². The lowest BCUT2D eigenvalue weighted by atomic mass is 10.0. The molecule has 0 aromatic heterocycles. The van der Waals surface area contributed by atoms with Crippen molar-refractivity contribution < 1.29 is 24.9 Å². The van der Waals surface area contributed by atoms with Crippen LogP contribution in [0.4, 0.5) is 0 Å². The summed E-state index contributed by atoms with van der Waals surface area (Å²) in [6, 6.07) is 2.18. The van der Waals surface area contributed by atoms with Gasteiger partial charge in [0.25, 0.3) is 0 Å². The van der Waals surface area contributed by atoms with E-state index in [-0.39, 0.29) is 5.56 Å². The third kappa shape index (κ3) is 14.8. The third-order valence-electron chi connectivity index (χ3n) is 6.29. The van der Waals surface area contributed by atoms with Crippen LogP contribution in [0.25, 0.3) is 0 Å². The molecule has 1 rings (SSSR count). The molecule has 3 N–H and O–H groups in total. The molecule has 1 aromatic carbocycles. The minimum absolute atomic E-state index is 0.0283. The molecule has 0 heterocycles. The van der Waals surface area contributed by atoms with E-state index in [1.165, 1.54) is 103 Å². The van der Waals surface area contributed by atoms with Crippen LogP contribution < -0.4 is 0 Å². The highest BCUT2D eigenvalue weighted by molar-refractivity contribution is 5.91. The first-order chi connectivity index (χ1) is 16.1. The number of unbranched alkanes of at least 4 members (excludes halogenated alkanes) is 18. The third-order valence-corrected chi connectivity index (χ3v) is 6.29. The first kappa shape index (κ1) is 29.1. The van der Waals surface area contributed by atoms with E-state index in [4.69, 9.17) is 4.74 Å². The molecule has 33 heavy (non-hydrogen) atoms. The van der Waals surface area contributed by atoms with E-state index in [0.29, 0.717) is 6.61 Å². The van der Waals surface area contributed by atoms with Gasteiger partial charge in [0, 0.05) is 0 Å². The molecule has 190 valence electrons. The smallest absolute Gasteiger partial charge is 0.338 e. The van der Waals surface area contributed by atoms with Gasteiger partial charge in [0.15, 0.2) is 17.2 Å². The number of carbonyl (C=O) groups excluding carboxylic acids is 1. The summed E-state index contributed by atoms with van der Waals surface area (Å²) in [7, 11) is 0. The standard InChI is InChI=1S/C28H48O5/c1-2-3-4-5-6-7-8-9-10-11-12-13-14-15-16-17-18-19-20-21-33-28(32)24-22-25(29)27(31)26(30)23-24/h22-23,29-31H,2-21H2,1H3. The van der Waals surface area contributed by atoms with Gasteiger partial charge in [-0.3, -0.25) is 0 Å². The van der Waals surface area contributed by atoms with Gasteiger partial charge in [-0.05, 0) is 18.6 Å². The van der Waals surface area contributed by atoms with E-state index in [9.17, 15) is 20.1 Å². The quantitative estimate of drug-likeness (QED) is 0.0965. The maximum absolute atomic E-state index is 11.9. The lowest BCUT2D eigenvalue weighted by Gasteiger charge is -2.07. The highest BCUT2D eigenvalue weighted by Crippen LogP contribution is 2.35. The number of carbonyl (C=O) groups is 1. The summed E-state index contributed by atoms with van der Waals surface area (Å²) in [6.07, 6.45) is 25.0. The Morgan fingerprint density at radius 3 is 1.30 bits per heavy atom. The van der Waals surface area contributed by atoms with Crippen molar-refractivity contribution in [1.82, 2.24) is 0 Å². The zero-order chi connectivity index (χ0) is 24.2. The molecule has 5 nitrogen and oxygen atoms in total. The Morgan fingerprint density at radius 2 is 0.939 bits per heavy atom. The van der Waals surface area contributed by atoms with Crippen molar-refractivity contribution in [3.8, 4) is 17.2 Å². The van der Waals surface area contributed by atoms with Crippen LogP contribution in [0.5, 0.6) is 17.2 Å². The van der Waals surface area contributed by atoms with Gasteiger partial charge in [-0.15, -0.1) is 0 Å². The molecule has 5 heteroatoms. The zero-order valence-corrected chi connectivity index (χ0v) is 21.0. The Labute approximate surface area is 201 Å². The summed E-state index contributed by atoms with van der Waals surface area (Å²) in [5.41, 5.74) is 0.0283. The molecule has 0 spiro atoms. The van der Waals surface area contributed by atoms with Crippen molar-refractivity contribution in [3.05, 3.63) is 17.7 Å². The molecule has 0 amide bonds. The number of ether oxygens (including phenoxy) is 1. The Morgan fingerprint density at radius 1 is 0.606 bits per heavy atom. The molecule has 0 aliphatic heterocycles. The molecular formula is C28H48O5. The summed E-state index contributed by atoms with van der Waals surface area (Å²) in [4.78, 5) is 11.9. The Balaban J connectivity index is 1.82. The predicted octanol–water partition coefficient (Wildman–Crippen LogP) is 8.39. The molecular weight excluding hydrogens is 416 g/mol. The largest absolute Gasteiger partial charge is 0.504 e. The predicted molar refractivity (Wildman–Crippen MR) is 135 cm³/mol. The fourth-order valence-corrected chi connectivity index (χ4v) is 4.15. The normalized spacial score (nSPS) is 11.1. The molecule has 0 saturated carbocycles. The van der Waals surface area contributed by atoms with Gasteiger partial charge in [-0.25, -0.2) is 4.79 Å². The first-order valence-electron chi connectivity index (χ1n) is 13.5. The number of phenols is 3. The number of hydrogen-bond acceptors (Lipinski definition) is 5. The molecule has 0 saturated heterocycles. The fraction of sp³-hybridized carbons (Fsp3) is 0.750. The molecule has 0 atom stereocenters. The SMILES string of the molecule is CCCCCCCCCCCCCCCCCCCCCOC(=O)c1cc(O)c(O)c(O)c1. The maximum atomic E-state index is 11.9. The lowest BCUT2D eigenvalue weighted by Crippen LogP contribution is -2.06. The van der Waals surface area contributed by atoms with Crippen molar-refractivity contribution in [2.24, 2.45) is 0 Å². The van der Waals surface area contributed by atoms with E-state index >= 15 is 0 Å². The summed E-state index contributed by atoms with van der Waals surface area (Å²) < 4.78 is 5.17. The second-order valence-electron chi connectivity index (χ2n) is 9.36. The van der Waals surface area contributed by atoms with Crippen molar-refractivity contribution in [3.63, 3.8) is 0 Å². The highest BCUT2D eigenvalue weighted by Gasteiger charge is 2.14. The number of hydrogen-bond donors (Lipinski definition) is 3. The van der Waals surface area contributed by atoms with Gasteiger partial charge in [0.05, 0.1) is 12.2 Å². The van der Waals surface area contributed by atoms with Gasteiger partial charge in [-0.1, -0.05) is 122 Å². The number of rotatable bonds is 21. The van der Waals surface area contributed by atoms with Crippen LogP contribution in [0.3, 0.4) is 0 Å². The molecule has 1 aromatic rings. The van der Waals surface area contributed by atoms with Crippen LogP contribution in [-0.4, -0.2) is 27.9 Å². The van der Waals surface area contributed by atoms with Gasteiger partial charge in [-0.2, -0.15) is 0 Å². The molecule has 0 aliphatic rings. The van der Waals surface area contributed by atoms with E-state index in [0.717, 1.165) is 31.4 Å². The minimum Gasteiger partial charge on any atom is -0.504 e. The maximum Gasteiger partial charge on any atom is 0.338 e. The van der Waals surface area contributed by atoms with Crippen molar-refractivity contribution in [2.45, 2.75) is 129 Å². The molecule has 0 bridgehead atoms. The van der Waals surface area contributed by atoms with E-state index in [2.05, 4.69) is 6.92 Å². The summed E-state index contributed by atoms with van der Waals surface area (Å²) in [6.45, 7) is 2.59. The van der Waals surface area contributed by atoms with E-state index in [1.807, 2.05) is 0 Å². The second-order valence-corrected chi connectivity index (χ2v) is 9.36. The van der Waals surface area contributed by atoms with Crippen LogP contribution >= 0.6 is 0 Å². The number of aromatic hydroxyl groups is 3.